The quantitative estimate of drug-likeness (QED) is 0.585. The van der Waals surface area contributed by atoms with Crippen LogP contribution in [0.15, 0.2) is 72.8 Å². The molecule has 0 bridgehead atoms. The van der Waals surface area contributed by atoms with Gasteiger partial charge in [-0.2, -0.15) is 0 Å². The Labute approximate surface area is 166 Å². The lowest BCUT2D eigenvalue weighted by atomic mass is 9.78. The van der Waals surface area contributed by atoms with E-state index in [1.165, 1.54) is 0 Å². The maximum atomic E-state index is 12.2. The van der Waals surface area contributed by atoms with Crippen molar-refractivity contribution in [3.63, 3.8) is 0 Å². The van der Waals surface area contributed by atoms with Crippen LogP contribution in [0.5, 0.6) is 11.5 Å². The molecule has 0 aliphatic heterocycles. The highest BCUT2D eigenvalue weighted by Crippen LogP contribution is 2.42. The van der Waals surface area contributed by atoms with Crippen molar-refractivity contribution in [1.29, 1.82) is 0 Å². The fourth-order valence-electron chi connectivity index (χ4n) is 3.44. The molecule has 0 aromatic heterocycles. The number of benzene rings is 3. The Morgan fingerprint density at radius 3 is 2.07 bits per heavy atom. The van der Waals surface area contributed by atoms with Crippen molar-refractivity contribution in [2.75, 3.05) is 20.8 Å². The second-order valence-corrected chi connectivity index (χ2v) is 6.43. The molecule has 3 aromatic rings. The molecule has 4 heteroatoms. The minimum absolute atomic E-state index is 0.417. The first kappa shape index (κ1) is 19.9. The van der Waals surface area contributed by atoms with Crippen LogP contribution in [0.3, 0.4) is 0 Å². The highest BCUT2D eigenvalue weighted by molar-refractivity contribution is 5.55. The minimum Gasteiger partial charge on any atom is -0.497 e. The lowest BCUT2D eigenvalue weighted by Gasteiger charge is -2.33. The van der Waals surface area contributed by atoms with E-state index in [1.807, 2.05) is 79.7 Å². The van der Waals surface area contributed by atoms with E-state index in [0.717, 1.165) is 22.4 Å². The lowest BCUT2D eigenvalue weighted by Crippen LogP contribution is -2.31. The molecule has 0 aliphatic rings. The Hall–Kier alpha value is -2.82. The van der Waals surface area contributed by atoms with Gasteiger partial charge >= 0.3 is 0 Å². The summed E-state index contributed by atoms with van der Waals surface area (Å²) in [7, 11) is 3.23. The molecule has 0 fully saturated rings. The van der Waals surface area contributed by atoms with E-state index in [-0.39, 0.29) is 0 Å². The van der Waals surface area contributed by atoms with Crippen LogP contribution >= 0.6 is 0 Å². The zero-order valence-corrected chi connectivity index (χ0v) is 16.5. The summed E-state index contributed by atoms with van der Waals surface area (Å²) in [5.41, 5.74) is 1.67. The number of ether oxygens (including phenoxy) is 3. The average Bonchev–Trinajstić information content (AvgIpc) is 2.77. The first-order valence-corrected chi connectivity index (χ1v) is 9.31. The molecule has 0 saturated carbocycles. The molecule has 0 aliphatic carbocycles. The van der Waals surface area contributed by atoms with Gasteiger partial charge in [-0.3, -0.25) is 0 Å². The molecule has 3 rings (SSSR count). The van der Waals surface area contributed by atoms with Crippen molar-refractivity contribution in [3.05, 3.63) is 95.1 Å². The van der Waals surface area contributed by atoms with Crippen molar-refractivity contribution >= 4 is 0 Å². The van der Waals surface area contributed by atoms with Gasteiger partial charge in [0.15, 0.2) is 0 Å². The van der Waals surface area contributed by atoms with Gasteiger partial charge in [0.05, 0.1) is 20.8 Å². The zero-order valence-electron chi connectivity index (χ0n) is 16.5. The molecule has 0 heterocycles. The molecule has 0 spiro atoms. The van der Waals surface area contributed by atoms with Gasteiger partial charge in [0, 0.05) is 12.2 Å². The number of rotatable bonds is 8. The molecule has 28 heavy (non-hydrogen) atoms. The van der Waals surface area contributed by atoms with Crippen LogP contribution < -0.4 is 9.47 Å². The van der Waals surface area contributed by atoms with E-state index >= 15 is 0 Å². The minimum atomic E-state index is -1.41. The monoisotopic (exact) mass is 378 g/mol. The third-order valence-corrected chi connectivity index (χ3v) is 4.87. The van der Waals surface area contributed by atoms with Gasteiger partial charge in [0.1, 0.15) is 17.1 Å². The molecule has 4 nitrogen and oxygen atoms in total. The number of aliphatic hydroxyl groups is 1. The SMILES string of the molecule is CCOCc1ccccc1[C@](O)(c1ccc(OC)cc1)c1ccccc1OC. The zero-order chi connectivity index (χ0) is 20.0. The normalized spacial score (nSPS) is 13.0. The van der Waals surface area contributed by atoms with Gasteiger partial charge in [-0.25, -0.2) is 0 Å². The topological polar surface area (TPSA) is 47.9 Å². The van der Waals surface area contributed by atoms with Crippen LogP contribution in [0, 0.1) is 0 Å². The van der Waals surface area contributed by atoms with E-state index in [9.17, 15) is 5.11 Å². The summed E-state index contributed by atoms with van der Waals surface area (Å²) in [6, 6.07) is 22.8. The van der Waals surface area contributed by atoms with Gasteiger partial charge < -0.3 is 19.3 Å². The van der Waals surface area contributed by atoms with Crippen LogP contribution in [-0.2, 0) is 16.9 Å². The predicted octanol–water partition coefficient (Wildman–Crippen LogP) is 4.52. The van der Waals surface area contributed by atoms with Crippen molar-refractivity contribution in [2.45, 2.75) is 19.1 Å². The van der Waals surface area contributed by atoms with Gasteiger partial charge in [-0.05, 0) is 41.8 Å². The summed E-state index contributed by atoms with van der Waals surface area (Å²) in [5.74, 6) is 1.35. The van der Waals surface area contributed by atoms with E-state index in [4.69, 9.17) is 14.2 Å². The van der Waals surface area contributed by atoms with Crippen molar-refractivity contribution < 1.29 is 19.3 Å². The highest BCUT2D eigenvalue weighted by Gasteiger charge is 2.38. The number of para-hydroxylation sites is 1. The van der Waals surface area contributed by atoms with Gasteiger partial charge in [0.2, 0.25) is 0 Å². The van der Waals surface area contributed by atoms with Gasteiger partial charge in [-0.1, -0.05) is 54.6 Å². The Balaban J connectivity index is 2.26. The first-order chi connectivity index (χ1) is 13.6. The summed E-state index contributed by atoms with van der Waals surface area (Å²) in [6.45, 7) is 2.97. The summed E-state index contributed by atoms with van der Waals surface area (Å²) < 4.78 is 16.5. The van der Waals surface area contributed by atoms with Crippen molar-refractivity contribution in [1.82, 2.24) is 0 Å². The summed E-state index contributed by atoms with van der Waals surface area (Å²) in [4.78, 5) is 0. The maximum absolute atomic E-state index is 12.2. The molecular formula is C24H26O4. The van der Waals surface area contributed by atoms with Gasteiger partial charge in [-0.15, -0.1) is 0 Å². The second-order valence-electron chi connectivity index (χ2n) is 6.43. The molecule has 0 unspecified atom stereocenters. The molecule has 146 valence electrons. The lowest BCUT2D eigenvalue weighted by molar-refractivity contribution is 0.108. The number of hydrogen-bond acceptors (Lipinski definition) is 4. The van der Waals surface area contributed by atoms with Crippen LogP contribution in [0.1, 0.15) is 29.2 Å². The van der Waals surface area contributed by atoms with Crippen LogP contribution in [0.2, 0.25) is 0 Å². The summed E-state index contributed by atoms with van der Waals surface area (Å²) in [6.07, 6.45) is 0. The Bertz CT molecular complexity index is 904. The smallest absolute Gasteiger partial charge is 0.144 e. The maximum Gasteiger partial charge on any atom is 0.144 e. The first-order valence-electron chi connectivity index (χ1n) is 9.31. The number of hydrogen-bond donors (Lipinski definition) is 1. The molecule has 0 amide bonds. The van der Waals surface area contributed by atoms with E-state index < -0.39 is 5.60 Å². The third-order valence-electron chi connectivity index (χ3n) is 4.87. The molecule has 1 atom stereocenters. The Morgan fingerprint density at radius 1 is 0.786 bits per heavy atom. The summed E-state index contributed by atoms with van der Waals surface area (Å²) in [5, 5.41) is 12.2. The Kier molecular flexibility index (Phi) is 6.34. The van der Waals surface area contributed by atoms with Crippen LogP contribution in [0.25, 0.3) is 0 Å². The van der Waals surface area contributed by atoms with E-state index in [2.05, 4.69) is 0 Å². The fourth-order valence-corrected chi connectivity index (χ4v) is 3.44. The number of methoxy groups -OCH3 is 2. The molecule has 3 aromatic carbocycles. The van der Waals surface area contributed by atoms with E-state index in [0.29, 0.717) is 24.5 Å². The highest BCUT2D eigenvalue weighted by atomic mass is 16.5. The molecule has 0 saturated heterocycles. The largest absolute Gasteiger partial charge is 0.497 e. The van der Waals surface area contributed by atoms with Crippen LogP contribution in [-0.4, -0.2) is 25.9 Å². The van der Waals surface area contributed by atoms with Gasteiger partial charge in [0.25, 0.3) is 0 Å². The fraction of sp³-hybridized carbons (Fsp3) is 0.250. The third kappa shape index (κ3) is 3.75. The second kappa shape index (κ2) is 8.91. The van der Waals surface area contributed by atoms with Crippen LogP contribution in [0.4, 0.5) is 0 Å². The predicted molar refractivity (Wildman–Crippen MR) is 110 cm³/mol. The van der Waals surface area contributed by atoms with Crippen molar-refractivity contribution in [3.8, 4) is 11.5 Å². The molecule has 0 radical (unpaired) electrons. The van der Waals surface area contributed by atoms with E-state index in [1.54, 1.807) is 14.2 Å². The average molecular weight is 378 g/mol. The summed E-state index contributed by atoms with van der Waals surface area (Å²) >= 11 is 0. The standard InChI is InChI=1S/C24H26O4/c1-4-28-17-18-9-5-6-10-21(18)24(25,19-13-15-20(26-2)16-14-19)22-11-7-8-12-23(22)27-3/h5-16,25H,4,17H2,1-3H3/t24-/m1/s1. The molecular weight excluding hydrogens is 352 g/mol. The van der Waals surface area contributed by atoms with Crippen molar-refractivity contribution in [2.24, 2.45) is 0 Å². The molecule has 1 N–H and O–H groups in total. The Morgan fingerprint density at radius 2 is 1.43 bits per heavy atom.